The third-order valence-corrected chi connectivity index (χ3v) is 11.0. The van der Waals surface area contributed by atoms with Crippen molar-refractivity contribution in [3.63, 3.8) is 0 Å². The van der Waals surface area contributed by atoms with Crippen molar-refractivity contribution in [1.29, 1.82) is 0 Å². The molecule has 2 aliphatic rings. The lowest BCUT2D eigenvalue weighted by Crippen LogP contribution is -2.57. The van der Waals surface area contributed by atoms with Crippen molar-refractivity contribution in [2.45, 2.75) is 65.7 Å². The number of amides is 4. The van der Waals surface area contributed by atoms with E-state index in [1.807, 2.05) is 100 Å². The van der Waals surface area contributed by atoms with E-state index < -0.39 is 11.9 Å². The van der Waals surface area contributed by atoms with Crippen molar-refractivity contribution in [2.24, 2.45) is 0 Å². The summed E-state index contributed by atoms with van der Waals surface area (Å²) in [4.78, 5) is 49.7. The average Bonchev–Trinajstić information content (AvgIpc) is 3.79. The third kappa shape index (κ3) is 8.50. The molecule has 6 aromatic heterocycles. The minimum atomic E-state index is -0.492. The van der Waals surface area contributed by atoms with Gasteiger partial charge < -0.3 is 30.2 Å². The van der Waals surface area contributed by atoms with Crippen LogP contribution < -0.4 is 20.4 Å². The molecule has 14 nitrogen and oxygen atoms in total. The number of fused-ring (bicyclic) bond motifs is 2. The maximum Gasteiger partial charge on any atom is 0.318 e. The molecular weight excluding hydrogens is 743 g/mol. The molecule has 2 saturated heterocycles. The first kappa shape index (κ1) is 39.9. The van der Waals surface area contributed by atoms with Crippen LogP contribution in [0.3, 0.4) is 0 Å². The zero-order valence-electron chi connectivity index (χ0n) is 33.7. The lowest BCUT2D eigenvalue weighted by Gasteiger charge is -2.41. The van der Waals surface area contributed by atoms with Crippen LogP contribution in [0.2, 0.25) is 0 Å². The van der Waals surface area contributed by atoms with Gasteiger partial charge in [-0.1, -0.05) is 12.1 Å². The molecule has 0 radical (unpaired) electrons. The number of carbonyl (C=O) groups is 2. The van der Waals surface area contributed by atoms with Crippen molar-refractivity contribution < 1.29 is 18.4 Å². The standard InChI is InChI=1S/2C21H25FN6O/c2*1-14-12-24-20-6-4-5-18(28(14)20)16(3)25-21(29)27-10-9-26(13-15(27)2)17-7-8-23-19(22)11-17/h2*4-8,11-12,15-16H,9-10,13H2,1-3H3,(H,25,29)/t15-,16+;15-,16-/m11/s1. The van der Waals surface area contributed by atoms with E-state index in [4.69, 9.17) is 0 Å². The molecule has 2 fully saturated rings. The van der Waals surface area contributed by atoms with Gasteiger partial charge in [0.2, 0.25) is 11.9 Å². The molecule has 58 heavy (non-hydrogen) atoms. The maximum atomic E-state index is 13.4. The van der Waals surface area contributed by atoms with Gasteiger partial charge in [0.15, 0.2) is 0 Å². The molecule has 16 heteroatoms. The predicted molar refractivity (Wildman–Crippen MR) is 219 cm³/mol. The minimum Gasteiger partial charge on any atom is -0.368 e. The second-order valence-electron chi connectivity index (χ2n) is 15.1. The van der Waals surface area contributed by atoms with Crippen LogP contribution in [0.15, 0.2) is 85.5 Å². The van der Waals surface area contributed by atoms with E-state index in [0.29, 0.717) is 39.3 Å². The van der Waals surface area contributed by atoms with Crippen LogP contribution in [0.25, 0.3) is 11.3 Å². The zero-order chi connectivity index (χ0) is 41.1. The molecule has 0 bridgehead atoms. The lowest BCUT2D eigenvalue weighted by molar-refractivity contribution is 0.167. The summed E-state index contributed by atoms with van der Waals surface area (Å²) in [5, 5.41) is 6.24. The number of nitrogens with zero attached hydrogens (tertiary/aromatic N) is 10. The van der Waals surface area contributed by atoms with E-state index in [1.165, 1.54) is 24.5 Å². The summed E-state index contributed by atoms with van der Waals surface area (Å²) in [6, 6.07) is 17.7. The summed E-state index contributed by atoms with van der Waals surface area (Å²) < 4.78 is 31.0. The van der Waals surface area contributed by atoms with Gasteiger partial charge in [0.1, 0.15) is 11.3 Å². The molecule has 0 aromatic carbocycles. The van der Waals surface area contributed by atoms with Gasteiger partial charge in [0, 0.05) is 122 Å². The number of aromatic nitrogens is 6. The van der Waals surface area contributed by atoms with E-state index in [-0.39, 0.29) is 36.2 Å². The van der Waals surface area contributed by atoms with Gasteiger partial charge in [-0.05, 0) is 77.9 Å². The normalized spacial score (nSPS) is 18.1. The Kier molecular flexibility index (Phi) is 11.7. The smallest absolute Gasteiger partial charge is 0.318 e. The number of halogens is 2. The Balaban J connectivity index is 0.000000177. The number of urea groups is 2. The molecule has 304 valence electrons. The van der Waals surface area contributed by atoms with Gasteiger partial charge in [0.25, 0.3) is 0 Å². The summed E-state index contributed by atoms with van der Waals surface area (Å²) in [5.74, 6) is -0.985. The van der Waals surface area contributed by atoms with Crippen LogP contribution in [0.5, 0.6) is 0 Å². The first-order chi connectivity index (χ1) is 27.9. The van der Waals surface area contributed by atoms with Gasteiger partial charge in [-0.2, -0.15) is 8.78 Å². The Morgan fingerprint density at radius 2 is 1.05 bits per heavy atom. The molecule has 0 spiro atoms. The molecule has 0 unspecified atom stereocenters. The van der Waals surface area contributed by atoms with Gasteiger partial charge in [0.05, 0.1) is 12.1 Å². The summed E-state index contributed by atoms with van der Waals surface area (Å²) in [7, 11) is 0. The Labute approximate surface area is 336 Å². The number of carbonyl (C=O) groups excluding carboxylic acids is 2. The number of aryl methyl sites for hydroxylation is 2. The van der Waals surface area contributed by atoms with Crippen molar-refractivity contribution in [1.82, 2.24) is 49.2 Å². The summed E-state index contributed by atoms with van der Waals surface area (Å²) >= 11 is 0. The van der Waals surface area contributed by atoms with E-state index in [0.717, 1.165) is 45.4 Å². The van der Waals surface area contributed by atoms with E-state index in [2.05, 4.69) is 49.2 Å². The number of piperazine rings is 2. The molecule has 8 rings (SSSR count). The highest BCUT2D eigenvalue weighted by atomic mass is 19.1. The molecule has 0 saturated carbocycles. The highest BCUT2D eigenvalue weighted by molar-refractivity contribution is 5.76. The lowest BCUT2D eigenvalue weighted by atomic mass is 10.1. The number of pyridine rings is 4. The SMILES string of the molecule is Cc1cnc2cccc([C@@H](C)NC(=O)N3CCN(c4ccnc(F)c4)C[C@H]3C)n12.Cc1cnc2cccc([C@H](C)NC(=O)N3CCN(c4ccnc(F)c4)C[C@H]3C)n12. The molecule has 8 heterocycles. The van der Waals surface area contributed by atoms with Crippen LogP contribution in [-0.2, 0) is 0 Å². The molecule has 4 atom stereocenters. The number of rotatable bonds is 6. The van der Waals surface area contributed by atoms with Crippen molar-refractivity contribution >= 4 is 34.7 Å². The van der Waals surface area contributed by atoms with Crippen molar-refractivity contribution in [3.8, 4) is 0 Å². The van der Waals surface area contributed by atoms with E-state index in [9.17, 15) is 18.4 Å². The first-order valence-electron chi connectivity index (χ1n) is 19.6. The van der Waals surface area contributed by atoms with Crippen LogP contribution in [-0.4, -0.2) is 102 Å². The van der Waals surface area contributed by atoms with Gasteiger partial charge >= 0.3 is 12.1 Å². The third-order valence-electron chi connectivity index (χ3n) is 11.0. The number of nitrogens with one attached hydrogen (secondary N) is 2. The number of hydrogen-bond donors (Lipinski definition) is 2. The largest absolute Gasteiger partial charge is 0.368 e. The molecule has 2 aliphatic heterocycles. The number of anilines is 2. The number of hydrogen-bond acceptors (Lipinski definition) is 8. The predicted octanol–water partition coefficient (Wildman–Crippen LogP) is 6.32. The molecule has 6 aromatic rings. The summed E-state index contributed by atoms with van der Waals surface area (Å²) in [6.45, 7) is 15.7. The van der Waals surface area contributed by atoms with Gasteiger partial charge in [-0.3, -0.25) is 8.80 Å². The van der Waals surface area contributed by atoms with E-state index in [1.54, 1.807) is 12.1 Å². The van der Waals surface area contributed by atoms with Crippen LogP contribution >= 0.6 is 0 Å². The fourth-order valence-corrected chi connectivity index (χ4v) is 7.96. The number of imidazole rings is 2. The molecule has 2 N–H and O–H groups in total. The Bertz CT molecular complexity index is 2240. The average molecular weight is 793 g/mol. The fraction of sp³-hybridized carbons (Fsp3) is 0.381. The van der Waals surface area contributed by atoms with Crippen LogP contribution in [0.4, 0.5) is 29.7 Å². The summed E-state index contributed by atoms with van der Waals surface area (Å²) in [6.07, 6.45) is 6.59. The zero-order valence-corrected chi connectivity index (χ0v) is 33.7. The summed E-state index contributed by atoms with van der Waals surface area (Å²) in [5.41, 5.74) is 7.36. The Morgan fingerprint density at radius 1 is 0.638 bits per heavy atom. The van der Waals surface area contributed by atoms with Crippen molar-refractivity contribution in [3.05, 3.63) is 120 Å². The maximum absolute atomic E-state index is 13.4. The fourth-order valence-electron chi connectivity index (χ4n) is 7.96. The van der Waals surface area contributed by atoms with Gasteiger partial charge in [-0.15, -0.1) is 0 Å². The second kappa shape index (κ2) is 17.0. The van der Waals surface area contributed by atoms with Crippen molar-refractivity contribution in [2.75, 3.05) is 49.1 Å². The molecular formula is C42H50F2N12O2. The topological polar surface area (TPSA) is 132 Å². The molecule has 4 amide bonds. The first-order valence-corrected chi connectivity index (χ1v) is 19.6. The highest BCUT2D eigenvalue weighted by Crippen LogP contribution is 2.23. The van der Waals surface area contributed by atoms with Crippen LogP contribution in [0, 0.1) is 25.7 Å². The second-order valence-corrected chi connectivity index (χ2v) is 15.1. The van der Waals surface area contributed by atoms with E-state index >= 15 is 0 Å². The Morgan fingerprint density at radius 3 is 1.43 bits per heavy atom. The highest BCUT2D eigenvalue weighted by Gasteiger charge is 2.30. The van der Waals surface area contributed by atoms with Gasteiger partial charge in [-0.25, -0.2) is 29.5 Å². The minimum absolute atomic E-state index is 0.00190. The van der Waals surface area contributed by atoms with Crippen LogP contribution in [0.1, 0.15) is 62.6 Å². The molecule has 0 aliphatic carbocycles. The monoisotopic (exact) mass is 792 g/mol. The quantitative estimate of drug-likeness (QED) is 0.188. The Hall–Kier alpha value is -6.32.